The Balaban J connectivity index is 1.96. The summed E-state index contributed by atoms with van der Waals surface area (Å²) in [7, 11) is 2.05. The molecule has 2 fully saturated rings. The summed E-state index contributed by atoms with van der Waals surface area (Å²) in [6, 6.07) is 0.144. The monoisotopic (exact) mass is 270 g/mol. The minimum absolute atomic E-state index is 0.0669. The van der Waals surface area contributed by atoms with Crippen molar-refractivity contribution in [1.29, 1.82) is 0 Å². The van der Waals surface area contributed by atoms with Crippen LogP contribution in [0.1, 0.15) is 19.3 Å². The summed E-state index contributed by atoms with van der Waals surface area (Å²) in [6.45, 7) is 2.12. The molecule has 2 rings (SSSR count). The van der Waals surface area contributed by atoms with Crippen LogP contribution in [-0.4, -0.2) is 71.2 Å². The van der Waals surface area contributed by atoms with Crippen LogP contribution in [0.5, 0.6) is 0 Å². The van der Waals surface area contributed by atoms with E-state index in [2.05, 4.69) is 11.9 Å². The Hall–Kier alpha value is -1.14. The maximum atomic E-state index is 12.3. The summed E-state index contributed by atoms with van der Waals surface area (Å²) >= 11 is 0. The normalized spacial score (nSPS) is 28.1. The van der Waals surface area contributed by atoms with Crippen LogP contribution in [0.15, 0.2) is 0 Å². The molecule has 2 N–H and O–H groups in total. The Morgan fingerprint density at radius 1 is 1.26 bits per heavy atom. The molecule has 1 amide bonds. The van der Waals surface area contributed by atoms with Crippen LogP contribution >= 0.6 is 0 Å². The number of piperidine rings is 1. The third-order valence-corrected chi connectivity index (χ3v) is 4.18. The average Bonchev–Trinajstić information content (AvgIpc) is 3.17. The Morgan fingerprint density at radius 3 is 2.37 bits per heavy atom. The molecule has 1 aliphatic heterocycles. The number of carboxylic acid groups (broad SMARTS) is 1. The lowest BCUT2D eigenvalue weighted by Crippen LogP contribution is -2.48. The number of aliphatic hydroxyl groups is 1. The van der Waals surface area contributed by atoms with Gasteiger partial charge in [0.2, 0.25) is 5.91 Å². The first kappa shape index (κ1) is 14.3. The Bertz CT molecular complexity index is 353. The zero-order valence-electron chi connectivity index (χ0n) is 11.3. The molecule has 6 nitrogen and oxygen atoms in total. The first-order chi connectivity index (χ1) is 9.04. The molecular weight excluding hydrogens is 248 g/mol. The number of carbonyl (C=O) groups excluding carboxylic acids is 1. The van der Waals surface area contributed by atoms with Crippen molar-refractivity contribution in [1.82, 2.24) is 9.80 Å². The van der Waals surface area contributed by atoms with Gasteiger partial charge in [0, 0.05) is 12.6 Å². The van der Waals surface area contributed by atoms with E-state index in [0.717, 1.165) is 25.9 Å². The van der Waals surface area contributed by atoms with Crippen LogP contribution in [0.25, 0.3) is 0 Å². The van der Waals surface area contributed by atoms with Crippen molar-refractivity contribution in [2.45, 2.75) is 25.3 Å². The summed E-state index contributed by atoms with van der Waals surface area (Å²) in [5, 5.41) is 18.0. The zero-order chi connectivity index (χ0) is 14.0. The molecule has 19 heavy (non-hydrogen) atoms. The van der Waals surface area contributed by atoms with Gasteiger partial charge in [-0.05, 0) is 39.4 Å². The Labute approximate surface area is 113 Å². The van der Waals surface area contributed by atoms with Crippen LogP contribution < -0.4 is 0 Å². The van der Waals surface area contributed by atoms with Crippen molar-refractivity contribution in [3.05, 3.63) is 0 Å². The van der Waals surface area contributed by atoms with Gasteiger partial charge in [0.05, 0.1) is 18.4 Å². The van der Waals surface area contributed by atoms with Gasteiger partial charge in [-0.1, -0.05) is 0 Å². The van der Waals surface area contributed by atoms with Gasteiger partial charge in [-0.2, -0.15) is 0 Å². The number of likely N-dealkylation sites (tertiary alicyclic amines) is 1. The largest absolute Gasteiger partial charge is 0.481 e. The van der Waals surface area contributed by atoms with E-state index in [1.54, 1.807) is 4.90 Å². The Kier molecular flexibility index (Phi) is 4.42. The number of carbonyl (C=O) groups is 2. The first-order valence-corrected chi connectivity index (χ1v) is 6.87. The second-order valence-corrected chi connectivity index (χ2v) is 5.58. The van der Waals surface area contributed by atoms with Crippen LogP contribution in [0.2, 0.25) is 0 Å². The van der Waals surface area contributed by atoms with Crippen LogP contribution in [0.3, 0.4) is 0 Å². The summed E-state index contributed by atoms with van der Waals surface area (Å²) in [4.78, 5) is 27.1. The highest BCUT2D eigenvalue weighted by Gasteiger charge is 2.50. The molecule has 0 spiro atoms. The molecule has 1 aliphatic carbocycles. The fourth-order valence-corrected chi connectivity index (χ4v) is 2.84. The lowest BCUT2D eigenvalue weighted by molar-refractivity contribution is -0.143. The van der Waals surface area contributed by atoms with Gasteiger partial charge in [-0.3, -0.25) is 9.59 Å². The van der Waals surface area contributed by atoms with Gasteiger partial charge >= 0.3 is 5.97 Å². The molecule has 0 bridgehead atoms. The van der Waals surface area contributed by atoms with Gasteiger partial charge in [0.1, 0.15) is 0 Å². The highest BCUT2D eigenvalue weighted by molar-refractivity contribution is 5.89. The number of hydrogen-bond acceptors (Lipinski definition) is 4. The van der Waals surface area contributed by atoms with Gasteiger partial charge in [-0.15, -0.1) is 0 Å². The maximum Gasteiger partial charge on any atom is 0.307 e. The second-order valence-electron chi connectivity index (χ2n) is 5.58. The van der Waals surface area contributed by atoms with Crippen molar-refractivity contribution >= 4 is 11.9 Å². The van der Waals surface area contributed by atoms with E-state index in [1.807, 2.05) is 0 Å². The number of hydrogen-bond donors (Lipinski definition) is 2. The molecule has 108 valence electrons. The number of rotatable bonds is 5. The first-order valence-electron chi connectivity index (χ1n) is 6.87. The minimum atomic E-state index is -0.884. The summed E-state index contributed by atoms with van der Waals surface area (Å²) in [5.74, 6) is -1.86. The predicted molar refractivity (Wildman–Crippen MR) is 68.6 cm³/mol. The molecule has 0 aromatic carbocycles. The predicted octanol–water partition coefficient (Wildman–Crippen LogP) is -0.378. The van der Waals surface area contributed by atoms with Crippen molar-refractivity contribution in [3.8, 4) is 0 Å². The van der Waals surface area contributed by atoms with Gasteiger partial charge in [-0.25, -0.2) is 0 Å². The molecule has 1 heterocycles. The van der Waals surface area contributed by atoms with Crippen molar-refractivity contribution in [3.63, 3.8) is 0 Å². The van der Waals surface area contributed by atoms with E-state index in [4.69, 9.17) is 10.2 Å². The van der Waals surface area contributed by atoms with Crippen LogP contribution in [0, 0.1) is 11.8 Å². The fourth-order valence-electron chi connectivity index (χ4n) is 2.84. The number of nitrogens with zero attached hydrogens (tertiary/aromatic N) is 2. The number of amides is 1. The van der Waals surface area contributed by atoms with E-state index in [9.17, 15) is 9.59 Å². The summed E-state index contributed by atoms with van der Waals surface area (Å²) in [6.07, 6.45) is 2.24. The van der Waals surface area contributed by atoms with Crippen molar-refractivity contribution in [2.24, 2.45) is 11.8 Å². The van der Waals surface area contributed by atoms with E-state index in [-0.39, 0.29) is 24.5 Å². The minimum Gasteiger partial charge on any atom is -0.481 e. The number of carboxylic acids is 1. The summed E-state index contributed by atoms with van der Waals surface area (Å²) in [5.41, 5.74) is 0. The van der Waals surface area contributed by atoms with E-state index in [0.29, 0.717) is 13.0 Å². The number of aliphatic carboxylic acids is 1. The summed E-state index contributed by atoms with van der Waals surface area (Å²) < 4.78 is 0. The molecule has 2 atom stereocenters. The topological polar surface area (TPSA) is 81.1 Å². The molecule has 2 aliphatic rings. The number of aliphatic hydroxyl groups excluding tert-OH is 1. The van der Waals surface area contributed by atoms with Crippen LogP contribution in [0.4, 0.5) is 0 Å². The SMILES string of the molecule is CN1CCC(N(CCO)C(=O)C2CC2C(=O)O)CC1. The molecule has 6 heteroatoms. The average molecular weight is 270 g/mol. The highest BCUT2D eigenvalue weighted by atomic mass is 16.4. The molecular formula is C13H22N2O4. The van der Waals surface area contributed by atoms with Gasteiger partial charge in [0.15, 0.2) is 0 Å². The standard InChI is InChI=1S/C13H22N2O4/c1-14-4-2-9(3-5-14)15(6-7-16)12(17)10-8-11(10)13(18)19/h9-11,16H,2-8H2,1H3,(H,18,19). The third kappa shape index (κ3) is 3.25. The van der Waals surface area contributed by atoms with Crippen molar-refractivity contribution in [2.75, 3.05) is 33.3 Å². The quantitative estimate of drug-likeness (QED) is 0.712. The molecule has 0 aromatic heterocycles. The maximum absolute atomic E-state index is 12.3. The van der Waals surface area contributed by atoms with E-state index >= 15 is 0 Å². The van der Waals surface area contributed by atoms with E-state index < -0.39 is 11.9 Å². The van der Waals surface area contributed by atoms with Crippen LogP contribution in [-0.2, 0) is 9.59 Å². The lowest BCUT2D eigenvalue weighted by Gasteiger charge is -2.37. The third-order valence-electron chi connectivity index (χ3n) is 4.18. The molecule has 2 unspecified atom stereocenters. The fraction of sp³-hybridized carbons (Fsp3) is 0.846. The molecule has 1 saturated carbocycles. The van der Waals surface area contributed by atoms with Crippen molar-refractivity contribution < 1.29 is 19.8 Å². The van der Waals surface area contributed by atoms with Gasteiger partial charge < -0.3 is 20.0 Å². The zero-order valence-corrected chi connectivity index (χ0v) is 11.3. The smallest absolute Gasteiger partial charge is 0.307 e. The molecule has 0 radical (unpaired) electrons. The lowest BCUT2D eigenvalue weighted by atomic mass is 10.0. The molecule has 0 aromatic rings. The Morgan fingerprint density at radius 2 is 1.89 bits per heavy atom. The molecule has 1 saturated heterocycles. The van der Waals surface area contributed by atoms with E-state index in [1.165, 1.54) is 0 Å². The highest BCUT2D eigenvalue weighted by Crippen LogP contribution is 2.40. The van der Waals surface area contributed by atoms with Gasteiger partial charge in [0.25, 0.3) is 0 Å². The second kappa shape index (κ2) is 5.88.